The minimum atomic E-state index is -1.22. The summed E-state index contributed by atoms with van der Waals surface area (Å²) in [5.41, 5.74) is -0.641. The number of carboxylic acid groups (broad SMARTS) is 1. The molecule has 4 heteroatoms. The predicted octanol–water partition coefficient (Wildman–Crippen LogP) is 2.62. The Morgan fingerprint density at radius 2 is 1.89 bits per heavy atom. The Labute approximate surface area is 107 Å². The highest BCUT2D eigenvalue weighted by Gasteiger charge is 2.36. The third-order valence-electron chi connectivity index (χ3n) is 2.90. The number of carbonyl (C=O) groups is 1. The van der Waals surface area contributed by atoms with Crippen molar-refractivity contribution in [2.75, 3.05) is 6.61 Å². The van der Waals surface area contributed by atoms with E-state index in [1.54, 1.807) is 24.3 Å². The van der Waals surface area contributed by atoms with Crippen molar-refractivity contribution in [2.24, 2.45) is 5.41 Å². The first-order valence-electron chi connectivity index (χ1n) is 6.03. The summed E-state index contributed by atoms with van der Waals surface area (Å²) in [4.78, 5) is 11.1. The zero-order valence-corrected chi connectivity index (χ0v) is 11.0. The van der Waals surface area contributed by atoms with Crippen molar-refractivity contribution in [3.63, 3.8) is 0 Å². The molecule has 0 spiro atoms. The van der Waals surface area contributed by atoms with Crippen molar-refractivity contribution < 1.29 is 19.7 Å². The van der Waals surface area contributed by atoms with Crippen molar-refractivity contribution in [1.29, 1.82) is 0 Å². The summed E-state index contributed by atoms with van der Waals surface area (Å²) in [5.74, 6) is -0.303. The second-order valence-electron chi connectivity index (χ2n) is 4.85. The maximum atomic E-state index is 11.1. The molecule has 0 heterocycles. The molecule has 0 radical (unpaired) electrons. The molecular weight excluding hydrogens is 232 g/mol. The molecule has 0 aliphatic heterocycles. The molecule has 0 aliphatic rings. The van der Waals surface area contributed by atoms with Crippen LogP contribution in [-0.2, 0) is 4.79 Å². The minimum absolute atomic E-state index is 0.575. The molecule has 0 amide bonds. The number of ether oxygens (including phenoxy) is 1. The van der Waals surface area contributed by atoms with Gasteiger partial charge >= 0.3 is 5.97 Å². The van der Waals surface area contributed by atoms with Gasteiger partial charge in [0.2, 0.25) is 0 Å². The zero-order valence-electron chi connectivity index (χ0n) is 11.0. The second-order valence-corrected chi connectivity index (χ2v) is 4.85. The molecule has 100 valence electrons. The van der Waals surface area contributed by atoms with Crippen LogP contribution in [0.5, 0.6) is 5.75 Å². The summed E-state index contributed by atoms with van der Waals surface area (Å²) in [6.45, 7) is 5.67. The highest BCUT2D eigenvalue weighted by molar-refractivity contribution is 5.74. The molecule has 1 rings (SSSR count). The van der Waals surface area contributed by atoms with E-state index in [4.69, 9.17) is 9.84 Å². The van der Waals surface area contributed by atoms with Gasteiger partial charge in [-0.3, -0.25) is 4.79 Å². The lowest BCUT2D eigenvalue weighted by atomic mass is 9.83. The molecule has 1 unspecified atom stereocenters. The van der Waals surface area contributed by atoms with Crippen molar-refractivity contribution in [2.45, 2.75) is 33.3 Å². The first-order valence-corrected chi connectivity index (χ1v) is 6.03. The van der Waals surface area contributed by atoms with Gasteiger partial charge in [-0.15, -0.1) is 0 Å². The van der Waals surface area contributed by atoms with Gasteiger partial charge in [-0.25, -0.2) is 0 Å². The molecule has 0 aromatic heterocycles. The summed E-state index contributed by atoms with van der Waals surface area (Å²) in [6.07, 6.45) is -0.119. The Morgan fingerprint density at radius 1 is 1.33 bits per heavy atom. The van der Waals surface area contributed by atoms with E-state index < -0.39 is 17.5 Å². The van der Waals surface area contributed by atoms with Crippen LogP contribution in [0.1, 0.15) is 38.9 Å². The maximum absolute atomic E-state index is 11.1. The summed E-state index contributed by atoms with van der Waals surface area (Å²) >= 11 is 0. The fraction of sp³-hybridized carbons (Fsp3) is 0.500. The lowest BCUT2D eigenvalue weighted by Gasteiger charge is -2.26. The summed E-state index contributed by atoms with van der Waals surface area (Å²) in [7, 11) is 0. The van der Waals surface area contributed by atoms with Crippen LogP contribution in [0.2, 0.25) is 0 Å². The van der Waals surface area contributed by atoms with Gasteiger partial charge in [-0.05, 0) is 38.0 Å². The lowest BCUT2D eigenvalue weighted by molar-refractivity contribution is -0.153. The van der Waals surface area contributed by atoms with E-state index in [9.17, 15) is 9.90 Å². The molecule has 1 aromatic rings. The highest BCUT2D eigenvalue weighted by Crippen LogP contribution is 2.34. The Bertz CT molecular complexity index is 395. The van der Waals surface area contributed by atoms with E-state index in [0.29, 0.717) is 12.2 Å². The van der Waals surface area contributed by atoms with Crippen LogP contribution >= 0.6 is 0 Å². The first kappa shape index (κ1) is 14.5. The third kappa shape index (κ3) is 3.23. The van der Waals surface area contributed by atoms with Gasteiger partial charge in [0.05, 0.1) is 18.1 Å². The van der Waals surface area contributed by atoms with Crippen LogP contribution < -0.4 is 4.74 Å². The summed E-state index contributed by atoms with van der Waals surface area (Å²) < 4.78 is 5.43. The predicted molar refractivity (Wildman–Crippen MR) is 68.6 cm³/mol. The standard InChI is InChI=1S/C14H20O4/c1-4-9-18-11-7-5-10(6-8-11)12(15)14(2,3)13(16)17/h5-8,12,15H,4,9H2,1-3H3,(H,16,17). The monoisotopic (exact) mass is 252 g/mol. The molecule has 18 heavy (non-hydrogen) atoms. The second kappa shape index (κ2) is 5.87. The largest absolute Gasteiger partial charge is 0.494 e. The molecule has 2 N–H and O–H groups in total. The topological polar surface area (TPSA) is 66.8 Å². The van der Waals surface area contributed by atoms with Gasteiger partial charge in [-0.1, -0.05) is 19.1 Å². The third-order valence-corrected chi connectivity index (χ3v) is 2.90. The molecule has 0 aliphatic carbocycles. The van der Waals surface area contributed by atoms with Crippen LogP contribution in [0.15, 0.2) is 24.3 Å². The Kier molecular flexibility index (Phi) is 4.73. The van der Waals surface area contributed by atoms with Crippen molar-refractivity contribution in [3.05, 3.63) is 29.8 Å². The molecule has 0 bridgehead atoms. The van der Waals surface area contributed by atoms with E-state index in [2.05, 4.69) is 0 Å². The van der Waals surface area contributed by atoms with Crippen LogP contribution in [0, 0.1) is 5.41 Å². The Morgan fingerprint density at radius 3 is 2.33 bits per heavy atom. The summed E-state index contributed by atoms with van der Waals surface area (Å²) in [6, 6.07) is 6.87. The molecule has 1 atom stereocenters. The first-order chi connectivity index (χ1) is 8.39. The maximum Gasteiger partial charge on any atom is 0.312 e. The fourth-order valence-electron chi connectivity index (χ4n) is 1.50. The van der Waals surface area contributed by atoms with E-state index in [1.165, 1.54) is 13.8 Å². The summed E-state index contributed by atoms with van der Waals surface area (Å²) in [5, 5.41) is 19.1. The molecule has 1 aromatic carbocycles. The zero-order chi connectivity index (χ0) is 13.8. The van der Waals surface area contributed by atoms with Gasteiger partial charge in [0.25, 0.3) is 0 Å². The fourth-order valence-corrected chi connectivity index (χ4v) is 1.50. The number of hydrogen-bond acceptors (Lipinski definition) is 3. The highest BCUT2D eigenvalue weighted by atomic mass is 16.5. The minimum Gasteiger partial charge on any atom is -0.494 e. The van der Waals surface area contributed by atoms with Gasteiger partial charge < -0.3 is 14.9 Å². The van der Waals surface area contributed by atoms with Gasteiger partial charge in [0.1, 0.15) is 5.75 Å². The van der Waals surface area contributed by atoms with E-state index in [0.717, 1.165) is 12.2 Å². The van der Waals surface area contributed by atoms with Crippen LogP contribution in [-0.4, -0.2) is 22.8 Å². The number of aliphatic carboxylic acids is 1. The van der Waals surface area contributed by atoms with Gasteiger partial charge in [-0.2, -0.15) is 0 Å². The SMILES string of the molecule is CCCOc1ccc(C(O)C(C)(C)C(=O)O)cc1. The number of hydrogen-bond donors (Lipinski definition) is 2. The number of aliphatic hydroxyl groups is 1. The average molecular weight is 252 g/mol. The van der Waals surface area contributed by atoms with Gasteiger partial charge in [0.15, 0.2) is 0 Å². The Hall–Kier alpha value is -1.55. The number of aliphatic hydroxyl groups excluding tert-OH is 1. The Balaban J connectivity index is 2.82. The van der Waals surface area contributed by atoms with Crippen molar-refractivity contribution >= 4 is 5.97 Å². The van der Waals surface area contributed by atoms with Crippen molar-refractivity contribution in [3.8, 4) is 5.75 Å². The number of rotatable bonds is 6. The molecule has 4 nitrogen and oxygen atoms in total. The molecule has 0 saturated heterocycles. The van der Waals surface area contributed by atoms with E-state index in [1.807, 2.05) is 6.92 Å². The van der Waals surface area contributed by atoms with E-state index in [-0.39, 0.29) is 0 Å². The average Bonchev–Trinajstić information content (AvgIpc) is 2.35. The van der Waals surface area contributed by atoms with Crippen LogP contribution in [0.4, 0.5) is 0 Å². The lowest BCUT2D eigenvalue weighted by Crippen LogP contribution is -2.31. The van der Waals surface area contributed by atoms with Crippen LogP contribution in [0.25, 0.3) is 0 Å². The quantitative estimate of drug-likeness (QED) is 0.816. The molecule has 0 fully saturated rings. The smallest absolute Gasteiger partial charge is 0.312 e. The number of carboxylic acids is 1. The molecular formula is C14H20O4. The van der Waals surface area contributed by atoms with Crippen LogP contribution in [0.3, 0.4) is 0 Å². The normalized spacial score (nSPS) is 13.1. The van der Waals surface area contributed by atoms with Crippen molar-refractivity contribution in [1.82, 2.24) is 0 Å². The molecule has 0 saturated carbocycles. The van der Waals surface area contributed by atoms with Gasteiger partial charge in [0, 0.05) is 0 Å². The number of benzene rings is 1. The van der Waals surface area contributed by atoms with E-state index >= 15 is 0 Å².